The highest BCUT2D eigenvalue weighted by molar-refractivity contribution is 6.30. The summed E-state index contributed by atoms with van der Waals surface area (Å²) in [6.07, 6.45) is 2.89. The van der Waals surface area contributed by atoms with E-state index in [0.717, 1.165) is 12.8 Å². The van der Waals surface area contributed by atoms with Crippen LogP contribution in [0.15, 0.2) is 6.20 Å². The number of amides is 1. The molecule has 0 aliphatic carbocycles. The Morgan fingerprint density at radius 3 is 2.46 bits per heavy atom. The number of anilines is 1. The molecule has 0 radical (unpaired) electrons. The molecule has 2 saturated heterocycles. The fourth-order valence-electron chi connectivity index (χ4n) is 3.92. The van der Waals surface area contributed by atoms with Crippen molar-refractivity contribution in [2.24, 2.45) is 0 Å². The number of hydrogen-bond acceptors (Lipinski definition) is 6. The lowest BCUT2D eigenvalue weighted by Crippen LogP contribution is -2.57. The zero-order valence-electron chi connectivity index (χ0n) is 15.7. The quantitative estimate of drug-likeness (QED) is 0.504. The van der Waals surface area contributed by atoms with Gasteiger partial charge in [-0.25, -0.2) is 19.2 Å². The number of halogens is 3. The summed E-state index contributed by atoms with van der Waals surface area (Å²) in [5.74, 6) is -0.223. The minimum Gasteiger partial charge on any atom is -0.444 e. The van der Waals surface area contributed by atoms with Gasteiger partial charge in [0.2, 0.25) is 5.28 Å². The van der Waals surface area contributed by atoms with E-state index >= 15 is 0 Å². The van der Waals surface area contributed by atoms with Gasteiger partial charge in [0.05, 0.1) is 17.5 Å². The Bertz CT molecular complexity index is 938. The molecule has 0 saturated carbocycles. The number of fused-ring (bicyclic) bond motifs is 3. The van der Waals surface area contributed by atoms with Crippen LogP contribution in [0, 0.1) is 5.82 Å². The molecule has 2 bridgehead atoms. The number of piperazine rings is 1. The molecule has 4 heterocycles. The molecule has 7 nitrogen and oxygen atoms in total. The first kappa shape index (κ1) is 19.4. The molecule has 1 amide bonds. The van der Waals surface area contributed by atoms with E-state index in [0.29, 0.717) is 24.3 Å². The van der Waals surface area contributed by atoms with Gasteiger partial charge in [-0.2, -0.15) is 4.98 Å². The van der Waals surface area contributed by atoms with Crippen molar-refractivity contribution in [2.45, 2.75) is 51.3 Å². The lowest BCUT2D eigenvalue weighted by Gasteiger charge is -2.42. The van der Waals surface area contributed by atoms with Crippen LogP contribution in [0.25, 0.3) is 10.9 Å². The lowest BCUT2D eigenvalue weighted by atomic mass is 10.1. The molecule has 0 spiro atoms. The van der Waals surface area contributed by atoms with Crippen molar-refractivity contribution in [3.05, 3.63) is 22.5 Å². The largest absolute Gasteiger partial charge is 0.444 e. The van der Waals surface area contributed by atoms with E-state index in [1.807, 2.05) is 30.6 Å². The van der Waals surface area contributed by atoms with Gasteiger partial charge in [-0.05, 0) is 45.2 Å². The van der Waals surface area contributed by atoms with Crippen molar-refractivity contribution in [3.8, 4) is 0 Å². The second-order valence-electron chi connectivity index (χ2n) is 8.12. The summed E-state index contributed by atoms with van der Waals surface area (Å²) in [4.78, 5) is 28.6. The van der Waals surface area contributed by atoms with Gasteiger partial charge < -0.3 is 9.64 Å². The molecule has 2 aromatic rings. The highest BCUT2D eigenvalue weighted by Gasteiger charge is 2.45. The van der Waals surface area contributed by atoms with Crippen LogP contribution in [0.2, 0.25) is 10.4 Å². The third-order valence-electron chi connectivity index (χ3n) is 4.98. The van der Waals surface area contributed by atoms with Gasteiger partial charge in [0.15, 0.2) is 11.0 Å². The standard InChI is InChI=1S/C18H20Cl2FN5O2/c1-18(2,3)28-17(27)26-9-4-5-10(26)8-25(7-9)15-11-6-22-14(19)12(21)13(11)23-16(20)24-15/h6,9-10H,4-5,7-8H2,1-3H3/t9-,10?/m0/s1. The van der Waals surface area contributed by atoms with Crippen LogP contribution in [-0.4, -0.2) is 56.7 Å². The van der Waals surface area contributed by atoms with Crippen molar-refractivity contribution >= 4 is 46.0 Å². The molecular formula is C18H20Cl2FN5O2. The Balaban J connectivity index is 1.65. The van der Waals surface area contributed by atoms with Crippen LogP contribution < -0.4 is 4.90 Å². The summed E-state index contributed by atoms with van der Waals surface area (Å²) in [5.41, 5.74) is -0.510. The molecule has 2 fully saturated rings. The van der Waals surface area contributed by atoms with Gasteiger partial charge in [-0.15, -0.1) is 0 Å². The monoisotopic (exact) mass is 427 g/mol. The summed E-state index contributed by atoms with van der Waals surface area (Å²) in [7, 11) is 0. The van der Waals surface area contributed by atoms with Gasteiger partial charge in [-0.3, -0.25) is 4.90 Å². The Morgan fingerprint density at radius 2 is 1.86 bits per heavy atom. The summed E-state index contributed by atoms with van der Waals surface area (Å²) >= 11 is 11.8. The summed E-state index contributed by atoms with van der Waals surface area (Å²) in [6.45, 7) is 6.64. The zero-order valence-corrected chi connectivity index (χ0v) is 17.3. The first-order valence-corrected chi connectivity index (χ1v) is 9.83. The van der Waals surface area contributed by atoms with E-state index in [4.69, 9.17) is 27.9 Å². The normalized spacial score (nSPS) is 22.1. The third kappa shape index (κ3) is 3.43. The average Bonchev–Trinajstić information content (AvgIpc) is 2.87. The molecule has 150 valence electrons. The Morgan fingerprint density at radius 1 is 1.21 bits per heavy atom. The number of hydrogen-bond donors (Lipinski definition) is 0. The Labute approximate surface area is 171 Å². The van der Waals surface area contributed by atoms with Crippen LogP contribution in [0.1, 0.15) is 33.6 Å². The van der Waals surface area contributed by atoms with Gasteiger partial charge in [0, 0.05) is 19.3 Å². The molecular weight excluding hydrogens is 408 g/mol. The fourth-order valence-corrected chi connectivity index (χ4v) is 4.23. The molecule has 10 heteroatoms. The summed E-state index contributed by atoms with van der Waals surface area (Å²) < 4.78 is 19.9. The van der Waals surface area contributed by atoms with Crippen molar-refractivity contribution in [3.63, 3.8) is 0 Å². The van der Waals surface area contributed by atoms with Gasteiger partial charge in [0.25, 0.3) is 0 Å². The van der Waals surface area contributed by atoms with E-state index < -0.39 is 11.4 Å². The predicted octanol–water partition coefficient (Wildman–Crippen LogP) is 4.06. The first-order chi connectivity index (χ1) is 13.1. The highest BCUT2D eigenvalue weighted by atomic mass is 35.5. The number of aromatic nitrogens is 3. The third-order valence-corrected chi connectivity index (χ3v) is 5.41. The van der Waals surface area contributed by atoms with Crippen molar-refractivity contribution in [1.82, 2.24) is 19.9 Å². The molecule has 2 aliphatic heterocycles. The summed E-state index contributed by atoms with van der Waals surface area (Å²) in [6, 6.07) is -0.0232. The maximum Gasteiger partial charge on any atom is 0.410 e. The number of ether oxygens (including phenoxy) is 1. The second-order valence-corrected chi connectivity index (χ2v) is 8.82. The average molecular weight is 428 g/mol. The van der Waals surface area contributed by atoms with E-state index in [2.05, 4.69) is 15.0 Å². The van der Waals surface area contributed by atoms with E-state index in [1.54, 1.807) is 0 Å². The van der Waals surface area contributed by atoms with Gasteiger partial charge in [-0.1, -0.05) is 11.6 Å². The van der Waals surface area contributed by atoms with E-state index in [-0.39, 0.29) is 34.1 Å². The number of carbonyl (C=O) groups excluding carboxylic acids is 1. The maximum atomic E-state index is 14.4. The van der Waals surface area contributed by atoms with Crippen LogP contribution in [0.4, 0.5) is 15.0 Å². The molecule has 0 aromatic carbocycles. The number of carbonyl (C=O) groups is 1. The van der Waals surface area contributed by atoms with Crippen LogP contribution >= 0.6 is 23.2 Å². The zero-order chi connectivity index (χ0) is 20.2. The lowest BCUT2D eigenvalue weighted by molar-refractivity contribution is 0.0123. The number of pyridine rings is 1. The molecule has 0 N–H and O–H groups in total. The highest BCUT2D eigenvalue weighted by Crippen LogP contribution is 2.36. The predicted molar refractivity (Wildman–Crippen MR) is 104 cm³/mol. The molecule has 1 unspecified atom stereocenters. The molecule has 4 rings (SSSR count). The van der Waals surface area contributed by atoms with E-state index in [9.17, 15) is 9.18 Å². The van der Waals surface area contributed by atoms with Crippen LogP contribution in [0.3, 0.4) is 0 Å². The second kappa shape index (κ2) is 6.84. The van der Waals surface area contributed by atoms with Gasteiger partial charge in [0.1, 0.15) is 16.9 Å². The van der Waals surface area contributed by atoms with Gasteiger partial charge >= 0.3 is 6.09 Å². The van der Waals surface area contributed by atoms with E-state index in [1.165, 1.54) is 6.20 Å². The maximum absolute atomic E-state index is 14.4. The molecule has 2 aromatic heterocycles. The van der Waals surface area contributed by atoms with Crippen molar-refractivity contribution < 1.29 is 13.9 Å². The Hall–Kier alpha value is -1.93. The topological polar surface area (TPSA) is 71.5 Å². The molecule has 28 heavy (non-hydrogen) atoms. The number of rotatable bonds is 1. The minimum atomic E-state index is -0.722. The summed E-state index contributed by atoms with van der Waals surface area (Å²) in [5, 5.41) is 0.116. The van der Waals surface area contributed by atoms with Crippen LogP contribution in [-0.2, 0) is 4.74 Å². The van der Waals surface area contributed by atoms with Crippen LogP contribution in [0.5, 0.6) is 0 Å². The van der Waals surface area contributed by atoms with Crippen molar-refractivity contribution in [1.29, 1.82) is 0 Å². The minimum absolute atomic E-state index is 0.0116. The smallest absolute Gasteiger partial charge is 0.410 e. The Kier molecular flexibility index (Phi) is 4.74. The SMILES string of the molecule is CC(C)(C)OC(=O)N1C2CC[C@H]1CN(c1nc(Cl)nc3c(F)c(Cl)ncc13)C2. The molecule has 2 aliphatic rings. The fraction of sp³-hybridized carbons (Fsp3) is 0.556. The van der Waals surface area contributed by atoms with Crippen molar-refractivity contribution in [2.75, 3.05) is 18.0 Å². The number of nitrogens with zero attached hydrogens (tertiary/aromatic N) is 5. The first-order valence-electron chi connectivity index (χ1n) is 9.07. The molecule has 2 atom stereocenters.